The average Bonchev–Trinajstić information content (AvgIpc) is 2.44. The second kappa shape index (κ2) is 6.81. The number of hydrogen-bond acceptors (Lipinski definition) is 1. The Balaban J connectivity index is 3.09. The number of carbonyl (C=O) groups excluding carboxylic acids is 1. The van der Waals surface area contributed by atoms with Gasteiger partial charge in [-0.25, -0.2) is 0 Å². The fourth-order valence-corrected chi connectivity index (χ4v) is 2.68. The third kappa shape index (κ3) is 4.22. The van der Waals surface area contributed by atoms with Gasteiger partial charge in [0.05, 0.1) is 5.56 Å². The molecule has 1 aromatic carbocycles. The summed E-state index contributed by atoms with van der Waals surface area (Å²) in [6.07, 6.45) is -2.30. The third-order valence-corrected chi connectivity index (χ3v) is 4.63. The van der Waals surface area contributed by atoms with Crippen molar-refractivity contribution in [3.63, 3.8) is 0 Å². The molecule has 118 valence electrons. The molecule has 0 fully saturated rings. The number of amides is 1. The summed E-state index contributed by atoms with van der Waals surface area (Å²) in [5, 5.41) is 2.87. The van der Waals surface area contributed by atoms with Gasteiger partial charge in [-0.15, -0.1) is 0 Å². The molecule has 0 saturated carbocycles. The lowest BCUT2D eigenvalue weighted by atomic mass is 9.89. The predicted molar refractivity (Wildman–Crippen MR) is 80.2 cm³/mol. The van der Waals surface area contributed by atoms with Crippen molar-refractivity contribution < 1.29 is 18.0 Å². The Hall–Kier alpha value is -1.04. The first kappa shape index (κ1) is 18.0. The standard InChI is InChI=1S/C15H19BrF3NO/c1-4-14(5-2,6-3)20-13(21)10-7-8-12(16)11(9-10)15(17,18)19/h7-9H,4-6H2,1-3H3,(H,20,21). The SMILES string of the molecule is CCC(CC)(CC)NC(=O)c1ccc(Br)c(C(F)(F)F)c1. The Bertz CT molecular complexity index is 502. The molecule has 0 aromatic heterocycles. The minimum atomic E-state index is -4.49. The molecule has 6 heteroatoms. The van der Waals surface area contributed by atoms with Gasteiger partial charge in [0.1, 0.15) is 0 Å². The van der Waals surface area contributed by atoms with E-state index < -0.39 is 17.6 Å². The maximum atomic E-state index is 12.9. The van der Waals surface area contributed by atoms with E-state index in [4.69, 9.17) is 0 Å². The highest BCUT2D eigenvalue weighted by Crippen LogP contribution is 2.35. The van der Waals surface area contributed by atoms with Crippen LogP contribution in [-0.2, 0) is 6.18 Å². The van der Waals surface area contributed by atoms with Gasteiger partial charge < -0.3 is 5.32 Å². The lowest BCUT2D eigenvalue weighted by Gasteiger charge is -2.32. The summed E-state index contributed by atoms with van der Waals surface area (Å²) in [7, 11) is 0. The van der Waals surface area contributed by atoms with Crippen LogP contribution in [-0.4, -0.2) is 11.4 Å². The number of hydrogen-bond donors (Lipinski definition) is 1. The van der Waals surface area contributed by atoms with E-state index in [0.29, 0.717) is 0 Å². The molecule has 2 nitrogen and oxygen atoms in total. The second-order valence-corrected chi connectivity index (χ2v) is 5.84. The zero-order valence-electron chi connectivity index (χ0n) is 12.3. The molecule has 0 saturated heterocycles. The van der Waals surface area contributed by atoms with Crippen molar-refractivity contribution in [3.8, 4) is 0 Å². The van der Waals surface area contributed by atoms with Crippen molar-refractivity contribution in [3.05, 3.63) is 33.8 Å². The molecule has 1 amide bonds. The maximum absolute atomic E-state index is 12.9. The molecule has 0 atom stereocenters. The van der Waals surface area contributed by atoms with E-state index in [9.17, 15) is 18.0 Å². The minimum absolute atomic E-state index is 0.0188. The largest absolute Gasteiger partial charge is 0.417 e. The van der Waals surface area contributed by atoms with Crippen molar-refractivity contribution in [2.75, 3.05) is 0 Å². The molecule has 0 aliphatic carbocycles. The third-order valence-electron chi connectivity index (χ3n) is 3.94. The van der Waals surface area contributed by atoms with Crippen molar-refractivity contribution >= 4 is 21.8 Å². The number of benzene rings is 1. The molecule has 0 radical (unpaired) electrons. The second-order valence-electron chi connectivity index (χ2n) is 4.99. The van der Waals surface area contributed by atoms with Crippen molar-refractivity contribution in [1.29, 1.82) is 0 Å². The van der Waals surface area contributed by atoms with E-state index in [2.05, 4.69) is 21.2 Å². The van der Waals surface area contributed by atoms with Gasteiger partial charge in [-0.2, -0.15) is 13.2 Å². The van der Waals surface area contributed by atoms with Crippen LogP contribution >= 0.6 is 15.9 Å². The summed E-state index contributed by atoms with van der Waals surface area (Å²) < 4.78 is 38.5. The normalized spacial score (nSPS) is 12.3. The number of rotatable bonds is 5. The van der Waals surface area contributed by atoms with Crippen LogP contribution in [0.2, 0.25) is 0 Å². The van der Waals surface area contributed by atoms with Crippen molar-refractivity contribution in [2.45, 2.75) is 51.7 Å². The van der Waals surface area contributed by atoms with Crippen LogP contribution in [0.25, 0.3) is 0 Å². The number of alkyl halides is 3. The molecule has 0 aliphatic heterocycles. The Morgan fingerprint density at radius 1 is 1.14 bits per heavy atom. The molecule has 0 spiro atoms. The fourth-order valence-electron chi connectivity index (χ4n) is 2.21. The van der Waals surface area contributed by atoms with Crippen LogP contribution in [0, 0.1) is 0 Å². The Kier molecular flexibility index (Phi) is 5.84. The molecule has 0 unspecified atom stereocenters. The molecule has 1 aromatic rings. The highest BCUT2D eigenvalue weighted by atomic mass is 79.9. The van der Waals surface area contributed by atoms with E-state index in [1.807, 2.05) is 20.8 Å². The highest BCUT2D eigenvalue weighted by Gasteiger charge is 2.34. The van der Waals surface area contributed by atoms with Gasteiger partial charge in [0.2, 0.25) is 0 Å². The first-order valence-corrected chi connectivity index (χ1v) is 7.67. The van der Waals surface area contributed by atoms with Crippen LogP contribution < -0.4 is 5.32 Å². The van der Waals surface area contributed by atoms with Crippen LogP contribution in [0.4, 0.5) is 13.2 Å². The number of nitrogens with one attached hydrogen (secondary N) is 1. The average molecular weight is 366 g/mol. The van der Waals surface area contributed by atoms with E-state index in [1.165, 1.54) is 12.1 Å². The van der Waals surface area contributed by atoms with Gasteiger partial charge in [0.25, 0.3) is 5.91 Å². The summed E-state index contributed by atoms with van der Waals surface area (Å²) in [6.45, 7) is 5.86. The topological polar surface area (TPSA) is 29.1 Å². The van der Waals surface area contributed by atoms with Crippen molar-refractivity contribution in [1.82, 2.24) is 5.32 Å². The van der Waals surface area contributed by atoms with Crippen LogP contribution in [0.3, 0.4) is 0 Å². The summed E-state index contributed by atoms with van der Waals surface area (Å²) in [4.78, 5) is 12.2. The molecule has 0 aliphatic rings. The number of carbonyl (C=O) groups is 1. The molecule has 21 heavy (non-hydrogen) atoms. The van der Waals surface area contributed by atoms with E-state index >= 15 is 0 Å². The van der Waals surface area contributed by atoms with Gasteiger partial charge in [0.15, 0.2) is 0 Å². The Morgan fingerprint density at radius 2 is 1.67 bits per heavy atom. The van der Waals surface area contributed by atoms with Crippen LogP contribution in [0.15, 0.2) is 22.7 Å². The Labute approximate surface area is 131 Å². The first-order valence-electron chi connectivity index (χ1n) is 6.88. The smallest absolute Gasteiger partial charge is 0.347 e. The van der Waals surface area contributed by atoms with Gasteiger partial charge in [-0.05, 0) is 37.5 Å². The number of halogens is 4. The molecular formula is C15H19BrF3NO. The summed E-state index contributed by atoms with van der Waals surface area (Å²) >= 11 is 2.87. The fraction of sp³-hybridized carbons (Fsp3) is 0.533. The van der Waals surface area contributed by atoms with Gasteiger partial charge >= 0.3 is 6.18 Å². The van der Waals surface area contributed by atoms with E-state index in [1.54, 1.807) is 0 Å². The van der Waals surface area contributed by atoms with Gasteiger partial charge in [-0.3, -0.25) is 4.79 Å². The Morgan fingerprint density at radius 3 is 2.10 bits per heavy atom. The first-order chi connectivity index (χ1) is 9.69. The van der Waals surface area contributed by atoms with Gasteiger partial charge in [0, 0.05) is 15.6 Å². The minimum Gasteiger partial charge on any atom is -0.347 e. The summed E-state index contributed by atoms with van der Waals surface area (Å²) in [5.74, 6) is -0.474. The quantitative estimate of drug-likeness (QED) is 0.766. The summed E-state index contributed by atoms with van der Waals surface area (Å²) in [6, 6.07) is 3.52. The van der Waals surface area contributed by atoms with Crippen LogP contribution in [0.5, 0.6) is 0 Å². The molecule has 1 N–H and O–H groups in total. The molecule has 0 heterocycles. The monoisotopic (exact) mass is 365 g/mol. The molecular weight excluding hydrogens is 347 g/mol. The lowest BCUT2D eigenvalue weighted by Crippen LogP contribution is -2.47. The maximum Gasteiger partial charge on any atom is 0.417 e. The predicted octanol–water partition coefficient (Wildman–Crippen LogP) is 5.17. The van der Waals surface area contributed by atoms with Gasteiger partial charge in [-0.1, -0.05) is 36.7 Å². The summed E-state index contributed by atoms with van der Waals surface area (Å²) in [5.41, 5.74) is -1.20. The molecule has 0 bridgehead atoms. The van der Waals surface area contributed by atoms with E-state index in [-0.39, 0.29) is 15.6 Å². The van der Waals surface area contributed by atoms with Crippen molar-refractivity contribution in [2.24, 2.45) is 0 Å². The zero-order valence-corrected chi connectivity index (χ0v) is 13.9. The highest BCUT2D eigenvalue weighted by molar-refractivity contribution is 9.10. The molecule has 1 rings (SSSR count). The van der Waals surface area contributed by atoms with E-state index in [0.717, 1.165) is 25.3 Å². The van der Waals surface area contributed by atoms with Crippen LogP contribution in [0.1, 0.15) is 56.0 Å². The zero-order chi connectivity index (χ0) is 16.3. The lowest BCUT2D eigenvalue weighted by molar-refractivity contribution is -0.138.